The van der Waals surface area contributed by atoms with Crippen molar-refractivity contribution in [3.05, 3.63) is 60.7 Å². The molecule has 0 aliphatic carbocycles. The molecule has 2 aromatic rings. The third-order valence-corrected chi connectivity index (χ3v) is 13.3. The van der Waals surface area contributed by atoms with Gasteiger partial charge >= 0.3 is 0 Å². The Morgan fingerprint density at radius 2 is 1.37 bits per heavy atom. The Morgan fingerprint density at radius 3 is 1.93 bits per heavy atom. The maximum absolute atomic E-state index is 7.28. The lowest BCUT2D eigenvalue weighted by atomic mass is 9.92. The Morgan fingerprint density at radius 1 is 0.780 bits per heavy atom. The lowest BCUT2D eigenvalue weighted by Crippen LogP contribution is -2.67. The Bertz CT molecular complexity index is 1020. The Balaban J connectivity index is 1.66. The molecule has 1 unspecified atom stereocenters. The van der Waals surface area contributed by atoms with E-state index in [0.717, 1.165) is 25.7 Å². The van der Waals surface area contributed by atoms with Crippen LogP contribution >= 0.6 is 0 Å². The molecular formula is C34H52O6Si. The molecule has 0 bridgehead atoms. The van der Waals surface area contributed by atoms with Crippen molar-refractivity contribution >= 4 is 18.7 Å². The van der Waals surface area contributed by atoms with Crippen LogP contribution in [0.15, 0.2) is 60.7 Å². The molecule has 4 atom stereocenters. The maximum Gasteiger partial charge on any atom is 0.261 e. The van der Waals surface area contributed by atoms with E-state index in [-0.39, 0.29) is 17.2 Å². The zero-order chi connectivity index (χ0) is 29.6. The van der Waals surface area contributed by atoms with Gasteiger partial charge in [0.2, 0.25) is 0 Å². The lowest BCUT2D eigenvalue weighted by molar-refractivity contribution is -0.255. The first-order chi connectivity index (χ1) is 19.6. The number of unbranched alkanes of at least 4 members (excludes halogenated alkanes) is 2. The summed E-state index contributed by atoms with van der Waals surface area (Å²) in [6, 6.07) is 21.5. The summed E-state index contributed by atoms with van der Waals surface area (Å²) in [4.78, 5) is 0. The SMILES string of the molecule is CCCCOC[C@@]1(CCO[Si](c2ccccc2)(c2ccccc2)C(C)(C)C)O[C@@H]2OC(C)(C)O[C@H]2C1OCCCC. The predicted octanol–water partition coefficient (Wildman–Crippen LogP) is 6.20. The molecule has 0 spiro atoms. The minimum absolute atomic E-state index is 0.110. The molecule has 2 heterocycles. The van der Waals surface area contributed by atoms with E-state index >= 15 is 0 Å². The monoisotopic (exact) mass is 584 g/mol. The summed E-state index contributed by atoms with van der Waals surface area (Å²) in [6.07, 6.45) is 3.59. The molecule has 2 aliphatic rings. The molecule has 0 aromatic heterocycles. The fourth-order valence-corrected chi connectivity index (χ4v) is 10.8. The molecule has 0 N–H and O–H groups in total. The first kappa shape index (κ1) is 32.3. The molecule has 2 saturated heterocycles. The molecule has 2 aromatic carbocycles. The van der Waals surface area contributed by atoms with Gasteiger partial charge < -0.3 is 28.1 Å². The fraction of sp³-hybridized carbons (Fsp3) is 0.647. The minimum Gasteiger partial charge on any atom is -0.407 e. The Hall–Kier alpha value is -1.58. The van der Waals surface area contributed by atoms with Crippen LogP contribution in [0.2, 0.25) is 5.04 Å². The smallest absolute Gasteiger partial charge is 0.261 e. The van der Waals surface area contributed by atoms with Crippen LogP contribution in [0, 0.1) is 0 Å². The van der Waals surface area contributed by atoms with Gasteiger partial charge in [0.15, 0.2) is 12.1 Å². The molecule has 2 aliphatic heterocycles. The van der Waals surface area contributed by atoms with Crippen molar-refractivity contribution in [3.8, 4) is 0 Å². The second kappa shape index (κ2) is 13.8. The summed E-state index contributed by atoms with van der Waals surface area (Å²) in [5, 5.41) is 2.42. The lowest BCUT2D eigenvalue weighted by Gasteiger charge is -2.44. The Labute approximate surface area is 249 Å². The molecular weight excluding hydrogens is 532 g/mol. The molecule has 4 rings (SSSR count). The molecule has 0 saturated carbocycles. The van der Waals surface area contributed by atoms with Crippen LogP contribution in [-0.4, -0.2) is 64.6 Å². The number of fused-ring (bicyclic) bond motifs is 1. The second-order valence-electron chi connectivity index (χ2n) is 13.0. The second-order valence-corrected chi connectivity index (χ2v) is 17.3. The zero-order valence-electron chi connectivity index (χ0n) is 26.3. The normalized spacial score (nSPS) is 25.9. The highest BCUT2D eigenvalue weighted by Gasteiger charge is 2.63. The average molecular weight is 585 g/mol. The van der Waals surface area contributed by atoms with Crippen LogP contribution in [0.25, 0.3) is 0 Å². The number of ether oxygens (including phenoxy) is 5. The van der Waals surface area contributed by atoms with Crippen molar-refractivity contribution in [2.75, 3.05) is 26.4 Å². The van der Waals surface area contributed by atoms with Gasteiger partial charge in [0.25, 0.3) is 8.32 Å². The van der Waals surface area contributed by atoms with E-state index in [9.17, 15) is 0 Å². The summed E-state index contributed by atoms with van der Waals surface area (Å²) in [5.41, 5.74) is -0.737. The van der Waals surface area contributed by atoms with E-state index in [4.69, 9.17) is 28.1 Å². The summed E-state index contributed by atoms with van der Waals surface area (Å²) in [6.45, 7) is 17.4. The van der Waals surface area contributed by atoms with Crippen LogP contribution < -0.4 is 10.4 Å². The average Bonchev–Trinajstić information content (AvgIpc) is 3.38. The van der Waals surface area contributed by atoms with Crippen molar-refractivity contribution in [1.82, 2.24) is 0 Å². The van der Waals surface area contributed by atoms with Gasteiger partial charge in [-0.2, -0.15) is 0 Å². The van der Waals surface area contributed by atoms with Gasteiger partial charge in [0, 0.05) is 26.2 Å². The number of benzene rings is 2. The fourth-order valence-electron chi connectivity index (χ4n) is 6.27. The quantitative estimate of drug-likeness (QED) is 0.184. The van der Waals surface area contributed by atoms with E-state index in [0.29, 0.717) is 32.8 Å². The number of hydrogen-bond acceptors (Lipinski definition) is 6. The summed E-state index contributed by atoms with van der Waals surface area (Å²) in [5.74, 6) is -0.720. The maximum atomic E-state index is 7.28. The minimum atomic E-state index is -2.70. The van der Waals surface area contributed by atoms with Gasteiger partial charge in [-0.3, -0.25) is 0 Å². The first-order valence-corrected chi connectivity index (χ1v) is 17.5. The van der Waals surface area contributed by atoms with Crippen molar-refractivity contribution < 1.29 is 28.1 Å². The largest absolute Gasteiger partial charge is 0.407 e. The molecule has 6 nitrogen and oxygen atoms in total. The Kier molecular flexibility index (Phi) is 10.9. The third kappa shape index (κ3) is 7.15. The third-order valence-electron chi connectivity index (χ3n) is 8.30. The van der Waals surface area contributed by atoms with Gasteiger partial charge in [-0.1, -0.05) is 108 Å². The van der Waals surface area contributed by atoms with Crippen LogP contribution in [0.5, 0.6) is 0 Å². The van der Waals surface area contributed by atoms with Gasteiger partial charge in [-0.05, 0) is 42.1 Å². The van der Waals surface area contributed by atoms with Crippen molar-refractivity contribution in [2.24, 2.45) is 0 Å². The van der Waals surface area contributed by atoms with Crippen LogP contribution in [0.1, 0.15) is 80.6 Å². The van der Waals surface area contributed by atoms with E-state index in [1.807, 2.05) is 13.8 Å². The van der Waals surface area contributed by atoms with Crippen molar-refractivity contribution in [2.45, 2.75) is 115 Å². The van der Waals surface area contributed by atoms with E-state index in [1.165, 1.54) is 10.4 Å². The summed E-state index contributed by atoms with van der Waals surface area (Å²) < 4.78 is 39.5. The van der Waals surface area contributed by atoms with Gasteiger partial charge in [0.1, 0.15) is 17.8 Å². The molecule has 7 heteroatoms. The highest BCUT2D eigenvalue weighted by molar-refractivity contribution is 6.99. The molecule has 0 radical (unpaired) electrons. The topological polar surface area (TPSA) is 55.4 Å². The van der Waals surface area contributed by atoms with E-state index < -0.39 is 26.0 Å². The highest BCUT2D eigenvalue weighted by atomic mass is 28.4. The first-order valence-electron chi connectivity index (χ1n) is 15.6. The molecule has 41 heavy (non-hydrogen) atoms. The van der Waals surface area contributed by atoms with Crippen LogP contribution in [0.4, 0.5) is 0 Å². The van der Waals surface area contributed by atoms with Gasteiger partial charge in [-0.15, -0.1) is 0 Å². The van der Waals surface area contributed by atoms with Gasteiger partial charge in [-0.25, -0.2) is 0 Å². The van der Waals surface area contributed by atoms with Crippen molar-refractivity contribution in [1.29, 1.82) is 0 Å². The predicted molar refractivity (Wildman–Crippen MR) is 166 cm³/mol. The molecule has 228 valence electrons. The van der Waals surface area contributed by atoms with Crippen LogP contribution in [0.3, 0.4) is 0 Å². The zero-order valence-corrected chi connectivity index (χ0v) is 27.3. The number of rotatable bonds is 15. The summed E-state index contributed by atoms with van der Waals surface area (Å²) in [7, 11) is -2.70. The molecule has 0 amide bonds. The van der Waals surface area contributed by atoms with Crippen LogP contribution in [-0.2, 0) is 28.1 Å². The standard InChI is InChI=1S/C34H52O6Si/c1-8-10-23-35-26-34(30(36-24-11-9-2)29-31(40-34)39-33(6,7)38-29)22-25-37-41(32(3,4)5,27-18-14-12-15-19-27)28-20-16-13-17-21-28/h12-21,29-31H,8-11,22-26H2,1-7H3/t29-,30?,31-,34+/m0/s1. The van der Waals surface area contributed by atoms with E-state index in [1.54, 1.807) is 0 Å². The van der Waals surface area contributed by atoms with Crippen molar-refractivity contribution in [3.63, 3.8) is 0 Å². The number of hydrogen-bond donors (Lipinski definition) is 0. The van der Waals surface area contributed by atoms with E-state index in [2.05, 4.69) is 95.3 Å². The summed E-state index contributed by atoms with van der Waals surface area (Å²) >= 11 is 0. The molecule has 2 fully saturated rings. The van der Waals surface area contributed by atoms with Gasteiger partial charge in [0.05, 0.1) is 6.61 Å². The highest BCUT2D eigenvalue weighted by Crippen LogP contribution is 2.46.